The summed E-state index contributed by atoms with van der Waals surface area (Å²) in [6, 6.07) is 11.8. The third-order valence-corrected chi connectivity index (χ3v) is 4.90. The monoisotopic (exact) mass is 356 g/mol. The molecule has 0 saturated carbocycles. The van der Waals surface area contributed by atoms with Gasteiger partial charge in [-0.1, -0.05) is 13.0 Å². The van der Waals surface area contributed by atoms with Gasteiger partial charge in [-0.2, -0.15) is 0 Å². The maximum Gasteiger partial charge on any atom is 0.255 e. The SMILES string of the molecule is CCc1cc(-c2cccnc2Cc2c(C)ccc3c(=O)[nH]ccc23)ncn1. The van der Waals surface area contributed by atoms with E-state index in [2.05, 4.69) is 33.8 Å². The van der Waals surface area contributed by atoms with Crippen LogP contribution in [0.3, 0.4) is 0 Å². The zero-order chi connectivity index (χ0) is 18.8. The molecule has 3 heterocycles. The molecule has 1 aromatic carbocycles. The molecule has 3 aromatic heterocycles. The molecule has 5 heteroatoms. The van der Waals surface area contributed by atoms with Crippen molar-refractivity contribution in [2.75, 3.05) is 0 Å². The first-order chi connectivity index (χ1) is 13.2. The standard InChI is InChI=1S/C22H20N4O/c1-3-15-11-20(26-13-25-15)18-5-4-9-23-21(18)12-19-14(2)6-7-17-16(19)8-10-24-22(17)27/h4-11,13H,3,12H2,1-2H3,(H,24,27). The Kier molecular flexibility index (Phi) is 4.50. The molecule has 4 rings (SSSR count). The van der Waals surface area contributed by atoms with E-state index in [9.17, 15) is 4.79 Å². The number of fused-ring (bicyclic) bond motifs is 1. The van der Waals surface area contributed by atoms with Crippen LogP contribution in [0.1, 0.15) is 29.4 Å². The highest BCUT2D eigenvalue weighted by atomic mass is 16.1. The van der Waals surface area contributed by atoms with Crippen molar-refractivity contribution in [1.82, 2.24) is 19.9 Å². The fraction of sp³-hybridized carbons (Fsp3) is 0.182. The van der Waals surface area contributed by atoms with Crippen molar-refractivity contribution in [2.45, 2.75) is 26.7 Å². The van der Waals surface area contributed by atoms with Gasteiger partial charge in [0.25, 0.3) is 5.56 Å². The zero-order valence-electron chi connectivity index (χ0n) is 15.4. The van der Waals surface area contributed by atoms with E-state index in [1.165, 1.54) is 0 Å². The van der Waals surface area contributed by atoms with Gasteiger partial charge in [0.1, 0.15) is 6.33 Å². The lowest BCUT2D eigenvalue weighted by Gasteiger charge is -2.13. The summed E-state index contributed by atoms with van der Waals surface area (Å²) < 4.78 is 0. The third-order valence-electron chi connectivity index (χ3n) is 4.90. The predicted molar refractivity (Wildman–Crippen MR) is 107 cm³/mol. The van der Waals surface area contributed by atoms with Gasteiger partial charge in [0.15, 0.2) is 0 Å². The van der Waals surface area contributed by atoms with Crippen molar-refractivity contribution in [3.05, 3.63) is 88.0 Å². The van der Waals surface area contributed by atoms with Gasteiger partial charge >= 0.3 is 0 Å². The third kappa shape index (κ3) is 3.24. The Hall–Kier alpha value is -3.34. The number of aromatic nitrogens is 4. The molecule has 27 heavy (non-hydrogen) atoms. The van der Waals surface area contributed by atoms with Crippen molar-refractivity contribution in [2.24, 2.45) is 0 Å². The second-order valence-electron chi connectivity index (χ2n) is 6.55. The van der Waals surface area contributed by atoms with Crippen LogP contribution in [0.4, 0.5) is 0 Å². The van der Waals surface area contributed by atoms with E-state index in [1.807, 2.05) is 36.4 Å². The number of nitrogens with zero attached hydrogens (tertiary/aromatic N) is 3. The van der Waals surface area contributed by atoms with Crippen molar-refractivity contribution in [3.63, 3.8) is 0 Å². The van der Waals surface area contributed by atoms with Gasteiger partial charge in [-0.05, 0) is 60.2 Å². The highest BCUT2D eigenvalue weighted by Crippen LogP contribution is 2.27. The second kappa shape index (κ2) is 7.11. The first-order valence-electron chi connectivity index (χ1n) is 9.02. The van der Waals surface area contributed by atoms with Gasteiger partial charge in [0, 0.05) is 35.5 Å². The average molecular weight is 356 g/mol. The molecule has 134 valence electrons. The number of H-pyrrole nitrogens is 1. The van der Waals surface area contributed by atoms with Crippen molar-refractivity contribution in [1.29, 1.82) is 0 Å². The Morgan fingerprint density at radius 1 is 1.04 bits per heavy atom. The first kappa shape index (κ1) is 17.1. The van der Waals surface area contributed by atoms with Gasteiger partial charge in [-0.3, -0.25) is 9.78 Å². The Morgan fingerprint density at radius 3 is 2.78 bits per heavy atom. The molecule has 0 radical (unpaired) electrons. The maximum atomic E-state index is 12.2. The van der Waals surface area contributed by atoms with E-state index in [-0.39, 0.29) is 5.56 Å². The summed E-state index contributed by atoms with van der Waals surface area (Å²) in [6.45, 7) is 4.14. The van der Waals surface area contributed by atoms with Crippen LogP contribution >= 0.6 is 0 Å². The average Bonchev–Trinajstić information content (AvgIpc) is 2.71. The normalized spacial score (nSPS) is 11.0. The second-order valence-corrected chi connectivity index (χ2v) is 6.55. The largest absolute Gasteiger partial charge is 0.329 e. The lowest BCUT2D eigenvalue weighted by molar-refractivity contribution is 0.995. The number of rotatable bonds is 4. The lowest BCUT2D eigenvalue weighted by Crippen LogP contribution is -2.07. The molecule has 0 unspecified atom stereocenters. The van der Waals surface area contributed by atoms with E-state index >= 15 is 0 Å². The van der Waals surface area contributed by atoms with Gasteiger partial charge < -0.3 is 4.98 Å². The molecule has 0 saturated heterocycles. The number of hydrogen-bond donors (Lipinski definition) is 1. The summed E-state index contributed by atoms with van der Waals surface area (Å²) in [4.78, 5) is 28.3. The molecule has 1 N–H and O–H groups in total. The molecule has 0 amide bonds. The highest BCUT2D eigenvalue weighted by molar-refractivity contribution is 5.86. The van der Waals surface area contributed by atoms with Gasteiger partial charge in [0.2, 0.25) is 0 Å². The van der Waals surface area contributed by atoms with Crippen LogP contribution in [0.15, 0.2) is 59.9 Å². The van der Waals surface area contributed by atoms with Crippen molar-refractivity contribution >= 4 is 10.8 Å². The van der Waals surface area contributed by atoms with Crippen molar-refractivity contribution in [3.8, 4) is 11.3 Å². The van der Waals surface area contributed by atoms with Crippen LogP contribution in [0.2, 0.25) is 0 Å². The van der Waals surface area contributed by atoms with Crippen LogP contribution in [0.25, 0.3) is 22.0 Å². The first-order valence-corrected chi connectivity index (χ1v) is 9.02. The molecule has 0 bridgehead atoms. The van der Waals surface area contributed by atoms with E-state index in [0.717, 1.165) is 45.6 Å². The topological polar surface area (TPSA) is 71.5 Å². The van der Waals surface area contributed by atoms with Gasteiger partial charge in [-0.15, -0.1) is 0 Å². The molecule has 0 spiro atoms. The summed E-state index contributed by atoms with van der Waals surface area (Å²) in [5, 5.41) is 1.66. The van der Waals surface area contributed by atoms with E-state index in [4.69, 9.17) is 0 Å². The number of benzene rings is 1. The maximum absolute atomic E-state index is 12.2. The molecule has 0 aliphatic rings. The number of hydrogen-bond acceptors (Lipinski definition) is 4. The lowest BCUT2D eigenvalue weighted by atomic mass is 9.95. The van der Waals surface area contributed by atoms with Gasteiger partial charge in [0.05, 0.1) is 11.4 Å². The molecule has 0 atom stereocenters. The summed E-state index contributed by atoms with van der Waals surface area (Å²) in [6.07, 6.45) is 6.59. The fourth-order valence-electron chi connectivity index (χ4n) is 3.39. The minimum atomic E-state index is -0.0709. The molecule has 4 aromatic rings. The molecule has 5 nitrogen and oxygen atoms in total. The van der Waals surface area contributed by atoms with Crippen LogP contribution in [0.5, 0.6) is 0 Å². The van der Waals surface area contributed by atoms with E-state index in [0.29, 0.717) is 11.8 Å². The van der Waals surface area contributed by atoms with Crippen LogP contribution in [-0.4, -0.2) is 19.9 Å². The van der Waals surface area contributed by atoms with Gasteiger partial charge in [-0.25, -0.2) is 9.97 Å². The minimum Gasteiger partial charge on any atom is -0.329 e. The number of pyridine rings is 2. The summed E-state index contributed by atoms with van der Waals surface area (Å²) in [7, 11) is 0. The number of nitrogens with one attached hydrogen (secondary N) is 1. The zero-order valence-corrected chi connectivity index (χ0v) is 15.4. The molecular formula is C22H20N4O. The molecule has 0 fully saturated rings. The summed E-state index contributed by atoms with van der Waals surface area (Å²) in [5.74, 6) is 0. The molecular weight excluding hydrogens is 336 g/mol. The smallest absolute Gasteiger partial charge is 0.255 e. The van der Waals surface area contributed by atoms with Crippen molar-refractivity contribution < 1.29 is 0 Å². The Balaban J connectivity index is 1.85. The minimum absolute atomic E-state index is 0.0709. The van der Waals surface area contributed by atoms with Crippen LogP contribution in [0, 0.1) is 6.92 Å². The summed E-state index contributed by atoms with van der Waals surface area (Å²) >= 11 is 0. The molecule has 0 aliphatic carbocycles. The Morgan fingerprint density at radius 2 is 1.93 bits per heavy atom. The molecule has 0 aliphatic heterocycles. The highest BCUT2D eigenvalue weighted by Gasteiger charge is 2.13. The fourth-order valence-corrected chi connectivity index (χ4v) is 3.39. The number of aromatic amines is 1. The Labute approximate surface area is 157 Å². The van der Waals surface area contributed by atoms with E-state index < -0.39 is 0 Å². The van der Waals surface area contributed by atoms with Crippen LogP contribution in [-0.2, 0) is 12.8 Å². The predicted octanol–water partition coefficient (Wildman–Crippen LogP) is 3.84. The Bertz CT molecular complexity index is 1180. The number of aryl methyl sites for hydroxylation is 2. The summed E-state index contributed by atoms with van der Waals surface area (Å²) in [5.41, 5.74) is 6.00. The quantitative estimate of drug-likeness (QED) is 0.603. The van der Waals surface area contributed by atoms with E-state index in [1.54, 1.807) is 18.7 Å². The van der Waals surface area contributed by atoms with Crippen LogP contribution < -0.4 is 5.56 Å².